The highest BCUT2D eigenvalue weighted by atomic mass is 19.4. The number of alkyl halides is 6. The van der Waals surface area contributed by atoms with Gasteiger partial charge in [0, 0.05) is 37.7 Å². The summed E-state index contributed by atoms with van der Waals surface area (Å²) in [6.07, 6.45) is -9.57. The molecule has 0 radical (unpaired) electrons. The molecule has 1 amide bonds. The van der Waals surface area contributed by atoms with E-state index < -0.39 is 12.7 Å². The number of piperidine rings is 1. The van der Waals surface area contributed by atoms with Crippen LogP contribution in [0.5, 0.6) is 11.5 Å². The Morgan fingerprint density at radius 2 is 1.61 bits per heavy atom. The largest absolute Gasteiger partial charge is 0.573 e. The Balaban J connectivity index is 1.26. The standard InChI is InChI=1S/C22H20F6N2O3/c23-21(24,25)32-15-6-3-4-13(8-15)9-29-20(31)19-16-11-30(12-17(16)19)10-14-5-1-2-7-18(14)33-22(26,27)28/h1-8,16-17,19H,9-12H2,(H,29,31). The van der Waals surface area contributed by atoms with Gasteiger partial charge in [0.2, 0.25) is 5.91 Å². The summed E-state index contributed by atoms with van der Waals surface area (Å²) >= 11 is 0. The second-order valence-electron chi connectivity index (χ2n) is 8.12. The van der Waals surface area contributed by atoms with E-state index in [1.807, 2.05) is 4.90 Å². The summed E-state index contributed by atoms with van der Waals surface area (Å²) in [5, 5.41) is 2.74. The van der Waals surface area contributed by atoms with Crippen molar-refractivity contribution in [3.05, 3.63) is 59.7 Å². The Morgan fingerprint density at radius 3 is 2.27 bits per heavy atom. The summed E-state index contributed by atoms with van der Waals surface area (Å²) < 4.78 is 82.8. The van der Waals surface area contributed by atoms with Crippen molar-refractivity contribution in [3.63, 3.8) is 0 Å². The zero-order chi connectivity index (χ0) is 23.8. The van der Waals surface area contributed by atoms with E-state index in [2.05, 4.69) is 14.8 Å². The molecule has 2 unspecified atom stereocenters. The van der Waals surface area contributed by atoms with Crippen LogP contribution in [0.3, 0.4) is 0 Å². The molecule has 11 heteroatoms. The Morgan fingerprint density at radius 1 is 0.939 bits per heavy atom. The Bertz CT molecular complexity index is 998. The number of ether oxygens (including phenoxy) is 2. The van der Waals surface area contributed by atoms with Crippen LogP contribution in [0.1, 0.15) is 11.1 Å². The van der Waals surface area contributed by atoms with Crippen LogP contribution in [-0.2, 0) is 17.9 Å². The van der Waals surface area contributed by atoms with Gasteiger partial charge in [-0.1, -0.05) is 30.3 Å². The van der Waals surface area contributed by atoms with Crippen LogP contribution in [0.25, 0.3) is 0 Å². The molecule has 2 atom stereocenters. The molecule has 1 N–H and O–H groups in total. The summed E-state index contributed by atoms with van der Waals surface area (Å²) in [5.74, 6) is -0.800. The zero-order valence-electron chi connectivity index (χ0n) is 17.1. The third-order valence-electron chi connectivity index (χ3n) is 5.76. The van der Waals surface area contributed by atoms with Crippen molar-refractivity contribution in [2.75, 3.05) is 13.1 Å². The molecule has 0 aromatic heterocycles. The van der Waals surface area contributed by atoms with Gasteiger partial charge in [-0.15, -0.1) is 26.3 Å². The molecule has 178 valence electrons. The first-order chi connectivity index (χ1) is 15.5. The number of halogens is 6. The van der Waals surface area contributed by atoms with E-state index in [1.165, 1.54) is 30.3 Å². The first kappa shape index (κ1) is 23.2. The van der Waals surface area contributed by atoms with Crippen LogP contribution in [0.15, 0.2) is 48.5 Å². The Labute approximate surface area is 185 Å². The number of hydrogen-bond donors (Lipinski definition) is 1. The molecule has 1 saturated heterocycles. The number of fused-ring (bicyclic) bond motifs is 1. The molecule has 2 fully saturated rings. The topological polar surface area (TPSA) is 50.8 Å². The molecular formula is C22H20F6N2O3. The smallest absolute Gasteiger partial charge is 0.406 e. The number of carbonyl (C=O) groups is 1. The number of likely N-dealkylation sites (tertiary alicyclic amines) is 1. The van der Waals surface area contributed by atoms with Crippen molar-refractivity contribution in [1.82, 2.24) is 10.2 Å². The number of rotatable bonds is 7. The van der Waals surface area contributed by atoms with Crippen molar-refractivity contribution in [1.29, 1.82) is 0 Å². The summed E-state index contributed by atoms with van der Waals surface area (Å²) in [7, 11) is 0. The summed E-state index contributed by atoms with van der Waals surface area (Å²) in [4.78, 5) is 14.5. The summed E-state index contributed by atoms with van der Waals surface area (Å²) in [6, 6.07) is 11.3. The number of amides is 1. The van der Waals surface area contributed by atoms with Crippen LogP contribution in [0.2, 0.25) is 0 Å². The molecule has 2 aromatic carbocycles. The van der Waals surface area contributed by atoms with Gasteiger partial charge in [-0.25, -0.2) is 0 Å². The maximum absolute atomic E-state index is 12.6. The maximum Gasteiger partial charge on any atom is 0.573 e. The quantitative estimate of drug-likeness (QED) is 0.602. The van der Waals surface area contributed by atoms with Crippen molar-refractivity contribution in [2.45, 2.75) is 25.8 Å². The van der Waals surface area contributed by atoms with Crippen LogP contribution in [0.4, 0.5) is 26.3 Å². The third-order valence-corrected chi connectivity index (χ3v) is 5.76. The molecule has 33 heavy (non-hydrogen) atoms. The lowest BCUT2D eigenvalue weighted by molar-refractivity contribution is -0.275. The molecule has 1 heterocycles. The van der Waals surface area contributed by atoms with Crippen LogP contribution in [0, 0.1) is 17.8 Å². The number of benzene rings is 2. The number of nitrogens with zero attached hydrogens (tertiary/aromatic N) is 1. The molecule has 0 bridgehead atoms. The van der Waals surface area contributed by atoms with Crippen molar-refractivity contribution < 1.29 is 40.6 Å². The van der Waals surface area contributed by atoms with Crippen LogP contribution >= 0.6 is 0 Å². The Kier molecular flexibility index (Phi) is 6.17. The van der Waals surface area contributed by atoms with Gasteiger partial charge in [-0.3, -0.25) is 9.69 Å². The fraction of sp³-hybridized carbons (Fsp3) is 0.409. The third kappa shape index (κ3) is 6.10. The SMILES string of the molecule is O=C(NCc1cccc(OC(F)(F)F)c1)C1C2CN(Cc3ccccc3OC(F)(F)F)CC21. The minimum atomic E-state index is -4.79. The van der Waals surface area contributed by atoms with Gasteiger partial charge in [-0.05, 0) is 35.6 Å². The van der Waals surface area contributed by atoms with E-state index in [1.54, 1.807) is 18.2 Å². The molecule has 1 aliphatic heterocycles. The summed E-state index contributed by atoms with van der Waals surface area (Å²) in [6.45, 7) is 1.48. The van der Waals surface area contributed by atoms with Crippen LogP contribution in [-0.4, -0.2) is 36.6 Å². The molecule has 0 spiro atoms. The van der Waals surface area contributed by atoms with Crippen molar-refractivity contribution in [3.8, 4) is 11.5 Å². The number of nitrogens with one attached hydrogen (secondary N) is 1. The van der Waals surface area contributed by atoms with Gasteiger partial charge >= 0.3 is 12.7 Å². The molecule has 1 aliphatic carbocycles. The highest BCUT2D eigenvalue weighted by Gasteiger charge is 2.59. The van der Waals surface area contributed by atoms with Crippen LogP contribution < -0.4 is 14.8 Å². The predicted molar refractivity (Wildman–Crippen MR) is 104 cm³/mol. The summed E-state index contributed by atoms with van der Waals surface area (Å²) in [5.41, 5.74) is 0.886. The normalized spacial score (nSPS) is 22.5. The average Bonchev–Trinajstić information content (AvgIpc) is 3.21. The van der Waals surface area contributed by atoms with Gasteiger partial charge in [0.1, 0.15) is 11.5 Å². The second kappa shape index (κ2) is 8.77. The lowest BCUT2D eigenvalue weighted by Gasteiger charge is -2.21. The maximum atomic E-state index is 12.6. The van der Waals surface area contributed by atoms with E-state index >= 15 is 0 Å². The first-order valence-corrected chi connectivity index (χ1v) is 10.2. The van der Waals surface area contributed by atoms with Gasteiger partial charge < -0.3 is 14.8 Å². The minimum absolute atomic E-state index is 0.0652. The van der Waals surface area contributed by atoms with Gasteiger partial charge in [0.15, 0.2) is 0 Å². The fourth-order valence-corrected chi connectivity index (χ4v) is 4.39. The van der Waals surface area contributed by atoms with E-state index in [4.69, 9.17) is 0 Å². The van der Waals surface area contributed by atoms with Gasteiger partial charge in [-0.2, -0.15) is 0 Å². The highest BCUT2D eigenvalue weighted by Crippen LogP contribution is 2.52. The van der Waals surface area contributed by atoms with E-state index in [0.29, 0.717) is 24.2 Å². The number of carbonyl (C=O) groups excluding carboxylic acids is 1. The lowest BCUT2D eigenvalue weighted by Crippen LogP contribution is -2.31. The van der Waals surface area contributed by atoms with E-state index in [0.717, 1.165) is 0 Å². The lowest BCUT2D eigenvalue weighted by atomic mass is 10.1. The zero-order valence-corrected chi connectivity index (χ0v) is 17.1. The minimum Gasteiger partial charge on any atom is -0.406 e. The van der Waals surface area contributed by atoms with E-state index in [-0.39, 0.29) is 48.2 Å². The second-order valence-corrected chi connectivity index (χ2v) is 8.12. The molecule has 2 aromatic rings. The Hall–Kier alpha value is -2.95. The predicted octanol–water partition coefficient (Wildman–Crippen LogP) is 4.48. The monoisotopic (exact) mass is 474 g/mol. The number of para-hydroxylation sites is 1. The van der Waals surface area contributed by atoms with Crippen molar-refractivity contribution in [2.24, 2.45) is 17.8 Å². The van der Waals surface area contributed by atoms with Crippen molar-refractivity contribution >= 4 is 5.91 Å². The molecular weight excluding hydrogens is 454 g/mol. The fourth-order valence-electron chi connectivity index (χ4n) is 4.39. The van der Waals surface area contributed by atoms with Gasteiger partial charge in [0.05, 0.1) is 0 Å². The molecule has 1 saturated carbocycles. The molecule has 4 rings (SSSR count). The molecule has 5 nitrogen and oxygen atoms in total. The van der Waals surface area contributed by atoms with Gasteiger partial charge in [0.25, 0.3) is 0 Å². The first-order valence-electron chi connectivity index (χ1n) is 10.2. The average molecular weight is 474 g/mol. The van der Waals surface area contributed by atoms with E-state index in [9.17, 15) is 31.1 Å². The molecule has 2 aliphatic rings. The highest BCUT2D eigenvalue weighted by molar-refractivity contribution is 5.82. The number of hydrogen-bond acceptors (Lipinski definition) is 4.